The van der Waals surface area contributed by atoms with Gasteiger partial charge < -0.3 is 10.1 Å². The van der Waals surface area contributed by atoms with Gasteiger partial charge in [0, 0.05) is 12.5 Å². The number of amides is 1. The molecular weight excluding hydrogens is 142 g/mol. The zero-order valence-electron chi connectivity index (χ0n) is 7.09. The lowest BCUT2D eigenvalue weighted by Gasteiger charge is -2.07. The maximum Gasteiger partial charge on any atom is 0.222 e. The molecule has 1 fully saturated rings. The molecule has 0 aromatic rings. The highest BCUT2D eigenvalue weighted by molar-refractivity contribution is 5.78. The van der Waals surface area contributed by atoms with Crippen molar-refractivity contribution >= 4 is 5.91 Å². The summed E-state index contributed by atoms with van der Waals surface area (Å²) in [4.78, 5) is 11.1. The maximum absolute atomic E-state index is 11.1. The molecule has 64 valence electrons. The first kappa shape index (κ1) is 8.53. The van der Waals surface area contributed by atoms with Crippen LogP contribution in [0.2, 0.25) is 0 Å². The van der Waals surface area contributed by atoms with E-state index in [1.54, 1.807) is 0 Å². The number of carbonyl (C=O) groups excluding carboxylic acids is 1. The summed E-state index contributed by atoms with van der Waals surface area (Å²) in [5, 5.41) is 2.83. The molecule has 0 saturated carbocycles. The van der Waals surface area contributed by atoms with Crippen LogP contribution in [0.1, 0.15) is 20.3 Å². The minimum Gasteiger partial charge on any atom is -0.371 e. The lowest BCUT2D eigenvalue weighted by molar-refractivity contribution is -0.124. The van der Waals surface area contributed by atoms with E-state index in [1.807, 2.05) is 13.8 Å². The van der Waals surface area contributed by atoms with E-state index in [1.165, 1.54) is 0 Å². The molecule has 1 heterocycles. The second-order valence-corrected chi connectivity index (χ2v) is 3.01. The molecule has 1 aliphatic heterocycles. The summed E-state index contributed by atoms with van der Waals surface area (Å²) in [7, 11) is 0. The van der Waals surface area contributed by atoms with Gasteiger partial charge in [0.2, 0.25) is 5.91 Å². The normalized spacial score (nSPS) is 24.4. The number of rotatable bonds is 4. The molecular formula is C8H15NO2. The van der Waals surface area contributed by atoms with Gasteiger partial charge in [-0.05, 0) is 6.42 Å². The number of nitrogens with one attached hydrogen (secondary N) is 1. The van der Waals surface area contributed by atoms with Crippen LogP contribution in [0.15, 0.2) is 0 Å². The van der Waals surface area contributed by atoms with Crippen LogP contribution in [0, 0.1) is 5.92 Å². The second kappa shape index (κ2) is 3.72. The number of carbonyl (C=O) groups is 1. The summed E-state index contributed by atoms with van der Waals surface area (Å²) in [6.45, 7) is 5.44. The topological polar surface area (TPSA) is 41.6 Å². The first-order valence-corrected chi connectivity index (χ1v) is 4.13. The van der Waals surface area contributed by atoms with Gasteiger partial charge in [0.15, 0.2) is 0 Å². The molecule has 1 aliphatic rings. The lowest BCUT2D eigenvalue weighted by atomic mass is 10.1. The molecule has 1 rings (SSSR count). The number of epoxide rings is 1. The Bertz CT molecular complexity index is 143. The summed E-state index contributed by atoms with van der Waals surface area (Å²) in [6, 6.07) is 0. The highest BCUT2D eigenvalue weighted by atomic mass is 16.6. The summed E-state index contributed by atoms with van der Waals surface area (Å²) in [6.07, 6.45) is 1.19. The van der Waals surface area contributed by atoms with E-state index >= 15 is 0 Å². The first-order chi connectivity index (χ1) is 5.24. The molecule has 3 heteroatoms. The van der Waals surface area contributed by atoms with E-state index in [2.05, 4.69) is 5.32 Å². The van der Waals surface area contributed by atoms with Gasteiger partial charge >= 0.3 is 0 Å². The maximum atomic E-state index is 11.1. The average molecular weight is 157 g/mol. The molecule has 11 heavy (non-hydrogen) atoms. The first-order valence-electron chi connectivity index (χ1n) is 4.13. The van der Waals surface area contributed by atoms with Gasteiger partial charge in [-0.2, -0.15) is 0 Å². The molecule has 1 N–H and O–H groups in total. The van der Waals surface area contributed by atoms with Crippen molar-refractivity contribution in [3.63, 3.8) is 0 Å². The Morgan fingerprint density at radius 1 is 1.82 bits per heavy atom. The summed E-state index contributed by atoms with van der Waals surface area (Å²) >= 11 is 0. The van der Waals surface area contributed by atoms with Crippen LogP contribution in [0.4, 0.5) is 0 Å². The van der Waals surface area contributed by atoms with Gasteiger partial charge in [-0.25, -0.2) is 0 Å². The van der Waals surface area contributed by atoms with Crippen molar-refractivity contribution in [1.29, 1.82) is 0 Å². The van der Waals surface area contributed by atoms with Crippen LogP contribution in [0.25, 0.3) is 0 Å². The molecule has 0 bridgehead atoms. The number of hydrogen-bond acceptors (Lipinski definition) is 2. The molecule has 1 amide bonds. The van der Waals surface area contributed by atoms with E-state index in [0.717, 1.165) is 13.0 Å². The van der Waals surface area contributed by atoms with E-state index in [9.17, 15) is 4.79 Å². The molecule has 1 saturated heterocycles. The fourth-order valence-electron chi connectivity index (χ4n) is 0.760. The highest BCUT2D eigenvalue weighted by Crippen LogP contribution is 2.07. The highest BCUT2D eigenvalue weighted by Gasteiger charge is 2.23. The Balaban J connectivity index is 2.08. The number of ether oxygens (including phenoxy) is 1. The average Bonchev–Trinajstić information content (AvgIpc) is 2.81. The van der Waals surface area contributed by atoms with Crippen molar-refractivity contribution in [3.05, 3.63) is 0 Å². The Kier molecular flexibility index (Phi) is 2.88. The molecule has 3 nitrogen and oxygen atoms in total. The molecule has 2 atom stereocenters. The SMILES string of the molecule is CC[C@@H](C)C(=O)NC[C@H]1CO1. The predicted octanol–water partition coefficient (Wildman–Crippen LogP) is 0.547. The van der Waals surface area contributed by atoms with Crippen LogP contribution in [0.5, 0.6) is 0 Å². The van der Waals surface area contributed by atoms with Crippen LogP contribution in [-0.2, 0) is 9.53 Å². The van der Waals surface area contributed by atoms with Gasteiger partial charge in [0.25, 0.3) is 0 Å². The molecule has 0 aliphatic carbocycles. The van der Waals surface area contributed by atoms with Gasteiger partial charge in [-0.1, -0.05) is 13.8 Å². The van der Waals surface area contributed by atoms with Crippen LogP contribution in [0.3, 0.4) is 0 Å². The van der Waals surface area contributed by atoms with Gasteiger partial charge in [0.1, 0.15) is 0 Å². The van der Waals surface area contributed by atoms with Crippen molar-refractivity contribution in [2.75, 3.05) is 13.2 Å². The molecule has 0 unspecified atom stereocenters. The molecule has 0 aromatic heterocycles. The van der Waals surface area contributed by atoms with E-state index in [-0.39, 0.29) is 11.8 Å². The Morgan fingerprint density at radius 2 is 2.45 bits per heavy atom. The molecule has 0 aromatic carbocycles. The Hall–Kier alpha value is -0.570. The molecule has 0 spiro atoms. The van der Waals surface area contributed by atoms with Crippen LogP contribution < -0.4 is 5.32 Å². The second-order valence-electron chi connectivity index (χ2n) is 3.01. The van der Waals surface area contributed by atoms with Crippen molar-refractivity contribution in [2.45, 2.75) is 26.4 Å². The van der Waals surface area contributed by atoms with E-state index in [0.29, 0.717) is 12.6 Å². The third-order valence-corrected chi connectivity index (χ3v) is 1.97. The summed E-state index contributed by atoms with van der Waals surface area (Å²) in [5.74, 6) is 0.275. The monoisotopic (exact) mass is 157 g/mol. The Labute approximate surface area is 67.1 Å². The fraction of sp³-hybridized carbons (Fsp3) is 0.875. The zero-order chi connectivity index (χ0) is 8.27. The Morgan fingerprint density at radius 3 is 2.91 bits per heavy atom. The quantitative estimate of drug-likeness (QED) is 0.605. The van der Waals surface area contributed by atoms with Gasteiger partial charge in [-0.15, -0.1) is 0 Å². The number of hydrogen-bond donors (Lipinski definition) is 1. The standard InChI is InChI=1S/C8H15NO2/c1-3-6(2)8(10)9-4-7-5-11-7/h6-7H,3-5H2,1-2H3,(H,9,10)/t6-,7+/m1/s1. The van der Waals surface area contributed by atoms with Crippen molar-refractivity contribution < 1.29 is 9.53 Å². The van der Waals surface area contributed by atoms with E-state index < -0.39 is 0 Å². The smallest absolute Gasteiger partial charge is 0.222 e. The third-order valence-electron chi connectivity index (χ3n) is 1.97. The van der Waals surface area contributed by atoms with Crippen molar-refractivity contribution in [3.8, 4) is 0 Å². The fourth-order valence-corrected chi connectivity index (χ4v) is 0.760. The van der Waals surface area contributed by atoms with E-state index in [4.69, 9.17) is 4.74 Å². The van der Waals surface area contributed by atoms with Crippen LogP contribution in [-0.4, -0.2) is 25.2 Å². The van der Waals surface area contributed by atoms with Crippen LogP contribution >= 0.6 is 0 Å². The third kappa shape index (κ3) is 2.89. The van der Waals surface area contributed by atoms with Gasteiger partial charge in [0.05, 0.1) is 12.7 Å². The molecule has 0 radical (unpaired) electrons. The predicted molar refractivity (Wildman–Crippen MR) is 42.2 cm³/mol. The lowest BCUT2D eigenvalue weighted by Crippen LogP contribution is -2.31. The van der Waals surface area contributed by atoms with Crippen molar-refractivity contribution in [1.82, 2.24) is 5.32 Å². The minimum absolute atomic E-state index is 0.133. The summed E-state index contributed by atoms with van der Waals surface area (Å²) in [5.41, 5.74) is 0. The van der Waals surface area contributed by atoms with Crippen molar-refractivity contribution in [2.24, 2.45) is 5.92 Å². The summed E-state index contributed by atoms with van der Waals surface area (Å²) < 4.78 is 4.96. The minimum atomic E-state index is 0.133. The largest absolute Gasteiger partial charge is 0.371 e. The van der Waals surface area contributed by atoms with Gasteiger partial charge in [-0.3, -0.25) is 4.79 Å². The zero-order valence-corrected chi connectivity index (χ0v) is 7.09.